The molecule has 0 radical (unpaired) electrons. The van der Waals surface area contributed by atoms with E-state index >= 15 is 0 Å². The van der Waals surface area contributed by atoms with Crippen LogP contribution in [0.4, 0.5) is 10.7 Å². The van der Waals surface area contributed by atoms with Crippen LogP contribution in [0.1, 0.15) is 13.3 Å². The molecule has 2 heterocycles. The van der Waals surface area contributed by atoms with E-state index in [1.807, 2.05) is 6.92 Å². The number of carboxylic acid groups (broad SMARTS) is 1. The van der Waals surface area contributed by atoms with Gasteiger partial charge < -0.3 is 5.11 Å². The number of nitrogens with one attached hydrogen (secondary N) is 1. The Balaban J connectivity index is 2.13. The molecule has 1 saturated heterocycles. The van der Waals surface area contributed by atoms with E-state index in [0.29, 0.717) is 12.2 Å². The highest BCUT2D eigenvalue weighted by atomic mass is 32.2. The van der Waals surface area contributed by atoms with Gasteiger partial charge in [0.05, 0.1) is 17.8 Å². The van der Waals surface area contributed by atoms with Crippen LogP contribution in [0, 0.1) is 0 Å². The molecule has 1 aliphatic rings. The summed E-state index contributed by atoms with van der Waals surface area (Å²) in [6, 6.07) is -1.34. The lowest BCUT2D eigenvalue weighted by molar-refractivity contribution is -0.141. The van der Waals surface area contributed by atoms with Crippen molar-refractivity contribution in [2.45, 2.75) is 24.8 Å². The van der Waals surface area contributed by atoms with E-state index in [2.05, 4.69) is 20.5 Å². The number of aliphatic carboxylic acids is 1. The standard InChI is InChI=1S/C10H13N5O3S/c1-2-7-15(6(5-19-7)8(16)17)10(18)13-9-11-3-4-12-14-9/h3-4,6-7H,2,5H2,1H3,(H,16,17)(H,11,13,14,18). The van der Waals surface area contributed by atoms with Gasteiger partial charge in [0, 0.05) is 5.75 Å². The van der Waals surface area contributed by atoms with E-state index in [-0.39, 0.29) is 11.3 Å². The number of aromatic nitrogens is 3. The Morgan fingerprint density at radius 1 is 1.58 bits per heavy atom. The van der Waals surface area contributed by atoms with Crippen LogP contribution in [0.3, 0.4) is 0 Å². The Morgan fingerprint density at radius 2 is 2.37 bits per heavy atom. The van der Waals surface area contributed by atoms with E-state index in [0.717, 1.165) is 0 Å². The highest BCUT2D eigenvalue weighted by Gasteiger charge is 2.41. The van der Waals surface area contributed by atoms with Crippen LogP contribution in [0.5, 0.6) is 0 Å². The molecule has 19 heavy (non-hydrogen) atoms. The van der Waals surface area contributed by atoms with Gasteiger partial charge in [0.1, 0.15) is 6.04 Å². The second-order valence-corrected chi connectivity index (χ2v) is 5.06. The molecule has 1 fully saturated rings. The highest BCUT2D eigenvalue weighted by Crippen LogP contribution is 2.31. The second kappa shape index (κ2) is 5.83. The van der Waals surface area contributed by atoms with Gasteiger partial charge in [-0.1, -0.05) is 6.92 Å². The van der Waals surface area contributed by atoms with Crippen molar-refractivity contribution in [1.82, 2.24) is 20.1 Å². The molecule has 0 bridgehead atoms. The predicted molar refractivity (Wildman–Crippen MR) is 68.6 cm³/mol. The van der Waals surface area contributed by atoms with Crippen LogP contribution in [0.15, 0.2) is 12.4 Å². The number of carboxylic acids is 1. The summed E-state index contributed by atoms with van der Waals surface area (Å²) in [7, 11) is 0. The zero-order valence-electron chi connectivity index (χ0n) is 10.2. The molecule has 0 saturated carbocycles. The first kappa shape index (κ1) is 13.5. The van der Waals surface area contributed by atoms with Crippen LogP contribution in [-0.2, 0) is 4.79 Å². The maximum atomic E-state index is 12.1. The number of anilines is 1. The molecule has 1 aliphatic heterocycles. The first-order chi connectivity index (χ1) is 9.13. The molecule has 8 nitrogen and oxygen atoms in total. The van der Waals surface area contributed by atoms with Gasteiger partial charge in [-0.05, 0) is 6.42 Å². The zero-order chi connectivity index (χ0) is 13.8. The summed E-state index contributed by atoms with van der Waals surface area (Å²) in [5.41, 5.74) is 0. The highest BCUT2D eigenvalue weighted by molar-refractivity contribution is 8.00. The lowest BCUT2D eigenvalue weighted by Crippen LogP contribution is -2.47. The smallest absolute Gasteiger partial charge is 0.327 e. The number of amides is 2. The Hall–Kier alpha value is -1.90. The number of carbonyl (C=O) groups is 2. The Kier molecular flexibility index (Phi) is 4.15. The minimum Gasteiger partial charge on any atom is -0.480 e. The van der Waals surface area contributed by atoms with Crippen molar-refractivity contribution in [2.75, 3.05) is 11.1 Å². The van der Waals surface area contributed by atoms with Crippen LogP contribution in [-0.4, -0.2) is 54.4 Å². The molecule has 2 unspecified atom stereocenters. The fraction of sp³-hybridized carbons (Fsp3) is 0.500. The average Bonchev–Trinajstić information content (AvgIpc) is 2.83. The van der Waals surface area contributed by atoms with Crippen molar-refractivity contribution in [3.63, 3.8) is 0 Å². The van der Waals surface area contributed by atoms with Gasteiger partial charge in [-0.2, -0.15) is 5.10 Å². The normalized spacial score (nSPS) is 22.3. The van der Waals surface area contributed by atoms with Gasteiger partial charge >= 0.3 is 12.0 Å². The topological polar surface area (TPSA) is 108 Å². The van der Waals surface area contributed by atoms with E-state index in [1.165, 1.54) is 29.1 Å². The largest absolute Gasteiger partial charge is 0.480 e. The van der Waals surface area contributed by atoms with E-state index in [9.17, 15) is 9.59 Å². The van der Waals surface area contributed by atoms with Crippen molar-refractivity contribution in [3.05, 3.63) is 12.4 Å². The summed E-state index contributed by atoms with van der Waals surface area (Å²) in [4.78, 5) is 28.4. The lowest BCUT2D eigenvalue weighted by Gasteiger charge is -2.26. The molecule has 2 atom stereocenters. The minimum atomic E-state index is -1.01. The first-order valence-electron chi connectivity index (χ1n) is 5.71. The van der Waals surface area contributed by atoms with E-state index < -0.39 is 18.0 Å². The van der Waals surface area contributed by atoms with Gasteiger partial charge in [0.25, 0.3) is 5.95 Å². The van der Waals surface area contributed by atoms with Crippen molar-refractivity contribution in [1.29, 1.82) is 0 Å². The number of hydrogen-bond acceptors (Lipinski definition) is 6. The molecule has 1 aromatic heterocycles. The summed E-state index contributed by atoms with van der Waals surface area (Å²) in [5, 5.41) is 18.7. The van der Waals surface area contributed by atoms with Gasteiger partial charge in [-0.15, -0.1) is 16.9 Å². The molecule has 0 aromatic carbocycles. The number of carbonyl (C=O) groups excluding carboxylic acids is 1. The number of thioether (sulfide) groups is 1. The van der Waals surface area contributed by atoms with Crippen molar-refractivity contribution in [3.8, 4) is 0 Å². The second-order valence-electron chi connectivity index (χ2n) is 3.85. The molecule has 2 N–H and O–H groups in total. The molecule has 2 amide bonds. The van der Waals surface area contributed by atoms with Gasteiger partial charge in [0.2, 0.25) is 0 Å². The fourth-order valence-corrected chi connectivity index (χ4v) is 3.15. The van der Waals surface area contributed by atoms with E-state index in [4.69, 9.17) is 5.11 Å². The molecule has 1 aromatic rings. The number of urea groups is 1. The van der Waals surface area contributed by atoms with Crippen molar-refractivity contribution < 1.29 is 14.7 Å². The van der Waals surface area contributed by atoms with Crippen molar-refractivity contribution in [2.24, 2.45) is 0 Å². The molecular formula is C10H13N5O3S. The number of nitrogens with zero attached hydrogens (tertiary/aromatic N) is 4. The Morgan fingerprint density at radius 3 is 2.95 bits per heavy atom. The first-order valence-corrected chi connectivity index (χ1v) is 6.75. The Bertz CT molecular complexity index is 471. The maximum absolute atomic E-state index is 12.1. The third-order valence-corrected chi connectivity index (χ3v) is 4.12. The summed E-state index contributed by atoms with van der Waals surface area (Å²) in [5.74, 6) is -0.566. The van der Waals surface area contributed by atoms with Crippen LogP contribution >= 0.6 is 11.8 Å². The van der Waals surface area contributed by atoms with Gasteiger partial charge in [0.15, 0.2) is 0 Å². The molecule has 102 valence electrons. The fourth-order valence-electron chi connectivity index (χ4n) is 1.81. The summed E-state index contributed by atoms with van der Waals surface area (Å²) < 4.78 is 0. The molecule has 0 spiro atoms. The predicted octanol–water partition coefficient (Wildman–Crippen LogP) is 0.642. The maximum Gasteiger partial charge on any atom is 0.327 e. The van der Waals surface area contributed by atoms with Gasteiger partial charge in [-0.3, -0.25) is 10.2 Å². The number of rotatable bonds is 3. The van der Waals surface area contributed by atoms with Gasteiger partial charge in [-0.25, -0.2) is 14.6 Å². The quantitative estimate of drug-likeness (QED) is 0.838. The molecular weight excluding hydrogens is 270 g/mol. The lowest BCUT2D eigenvalue weighted by atomic mass is 10.3. The SMILES string of the molecule is CCC1SCC(C(=O)O)N1C(=O)Nc1nccnn1. The van der Waals surface area contributed by atoms with Crippen LogP contribution in [0.25, 0.3) is 0 Å². The van der Waals surface area contributed by atoms with Crippen LogP contribution < -0.4 is 5.32 Å². The monoisotopic (exact) mass is 283 g/mol. The van der Waals surface area contributed by atoms with E-state index in [1.54, 1.807) is 0 Å². The summed E-state index contributed by atoms with van der Waals surface area (Å²) in [6.07, 6.45) is 3.46. The average molecular weight is 283 g/mol. The zero-order valence-corrected chi connectivity index (χ0v) is 11.0. The van der Waals surface area contributed by atoms with Crippen LogP contribution in [0.2, 0.25) is 0 Å². The van der Waals surface area contributed by atoms with Crippen molar-refractivity contribution >= 4 is 29.7 Å². The summed E-state index contributed by atoms with van der Waals surface area (Å²) >= 11 is 1.45. The third-order valence-electron chi connectivity index (χ3n) is 2.66. The number of hydrogen-bond donors (Lipinski definition) is 2. The summed E-state index contributed by atoms with van der Waals surface area (Å²) in [6.45, 7) is 1.91. The third kappa shape index (κ3) is 2.92. The molecule has 9 heteroatoms. The minimum absolute atomic E-state index is 0.0587. The molecule has 0 aliphatic carbocycles. The molecule has 2 rings (SSSR count). The Labute approximate surface area is 113 Å².